The molecule has 1 aliphatic rings. The van der Waals surface area contributed by atoms with E-state index in [0.717, 1.165) is 20.0 Å². The number of benzene rings is 3. The SMILES string of the molecule is O=C1c2sc3ccccc3c2N(Cc2ccc(Cl)cc2)S(=O)(=O)N1Cc1ccc(Cl)cc1. The molecule has 0 aliphatic carbocycles. The van der Waals surface area contributed by atoms with Crippen molar-refractivity contribution in [1.82, 2.24) is 4.31 Å². The Labute approximate surface area is 199 Å². The van der Waals surface area contributed by atoms with E-state index in [1.165, 1.54) is 15.6 Å². The summed E-state index contributed by atoms with van der Waals surface area (Å²) in [5.74, 6) is -0.525. The standard InChI is InChI=1S/C23H16Cl2N2O3S2/c24-17-9-5-15(6-10-17)13-26-21-19-3-1-2-4-20(19)31-22(21)23(28)27(32(26,29)30)14-16-7-11-18(25)12-8-16/h1-12H,13-14H2. The number of amides is 1. The van der Waals surface area contributed by atoms with Gasteiger partial charge in [0.15, 0.2) is 0 Å². The Morgan fingerprint density at radius 1 is 0.750 bits per heavy atom. The van der Waals surface area contributed by atoms with Crippen molar-refractivity contribution < 1.29 is 13.2 Å². The van der Waals surface area contributed by atoms with Gasteiger partial charge in [-0.1, -0.05) is 65.7 Å². The first-order valence-corrected chi connectivity index (χ1v) is 12.7. The van der Waals surface area contributed by atoms with Crippen LogP contribution in [0.3, 0.4) is 0 Å². The van der Waals surface area contributed by atoms with Crippen LogP contribution in [-0.4, -0.2) is 18.6 Å². The number of anilines is 1. The fraction of sp³-hybridized carbons (Fsp3) is 0.0870. The smallest absolute Gasteiger partial charge is 0.267 e. The molecule has 0 saturated carbocycles. The van der Waals surface area contributed by atoms with Gasteiger partial charge < -0.3 is 0 Å². The third-order valence-electron chi connectivity index (χ3n) is 5.28. The molecule has 9 heteroatoms. The van der Waals surface area contributed by atoms with E-state index in [4.69, 9.17) is 23.2 Å². The fourth-order valence-electron chi connectivity index (χ4n) is 3.70. The molecule has 0 unspecified atom stereocenters. The number of hydrogen-bond acceptors (Lipinski definition) is 4. The third-order valence-corrected chi connectivity index (χ3v) is 8.65. The van der Waals surface area contributed by atoms with Crippen LogP contribution in [0.1, 0.15) is 20.8 Å². The fourth-order valence-corrected chi connectivity index (χ4v) is 6.81. The molecule has 0 fully saturated rings. The van der Waals surface area contributed by atoms with Crippen molar-refractivity contribution in [2.75, 3.05) is 4.31 Å². The molecule has 0 saturated heterocycles. The van der Waals surface area contributed by atoms with E-state index >= 15 is 0 Å². The normalized spacial score (nSPS) is 15.2. The maximum Gasteiger partial charge on any atom is 0.329 e. The number of carbonyl (C=O) groups is 1. The Balaban J connectivity index is 1.66. The van der Waals surface area contributed by atoms with E-state index < -0.39 is 16.1 Å². The van der Waals surface area contributed by atoms with Gasteiger partial charge in [-0.05, 0) is 41.5 Å². The highest BCUT2D eigenvalue weighted by Gasteiger charge is 2.44. The van der Waals surface area contributed by atoms with Crippen molar-refractivity contribution in [3.63, 3.8) is 0 Å². The molecule has 0 atom stereocenters. The molecule has 0 radical (unpaired) electrons. The lowest BCUT2D eigenvalue weighted by Crippen LogP contribution is -2.50. The summed E-state index contributed by atoms with van der Waals surface area (Å²) in [4.78, 5) is 13.8. The van der Waals surface area contributed by atoms with Crippen molar-refractivity contribution in [1.29, 1.82) is 0 Å². The van der Waals surface area contributed by atoms with Gasteiger partial charge in [0.25, 0.3) is 5.91 Å². The number of hydrogen-bond donors (Lipinski definition) is 0. The van der Waals surface area contributed by atoms with Gasteiger partial charge >= 0.3 is 10.2 Å². The van der Waals surface area contributed by atoms with Gasteiger partial charge in [-0.25, -0.2) is 8.61 Å². The predicted octanol–water partition coefficient (Wildman–Crippen LogP) is 6.12. The number of rotatable bonds is 4. The Bertz CT molecular complexity index is 1430. The zero-order chi connectivity index (χ0) is 22.5. The van der Waals surface area contributed by atoms with Crippen molar-refractivity contribution in [2.45, 2.75) is 13.1 Å². The Morgan fingerprint density at radius 3 is 1.88 bits per heavy atom. The Hall–Kier alpha value is -2.58. The average Bonchev–Trinajstić information content (AvgIpc) is 3.16. The minimum Gasteiger partial charge on any atom is -0.267 e. The number of carbonyl (C=O) groups excluding carboxylic acids is 1. The second kappa shape index (κ2) is 8.08. The molecule has 162 valence electrons. The molecule has 1 aliphatic heterocycles. The molecular weight excluding hydrogens is 487 g/mol. The van der Waals surface area contributed by atoms with Gasteiger partial charge in [-0.15, -0.1) is 11.3 Å². The molecule has 2 heterocycles. The van der Waals surface area contributed by atoms with E-state index in [0.29, 0.717) is 26.2 Å². The number of thiophene rings is 1. The van der Waals surface area contributed by atoms with Gasteiger partial charge in [0, 0.05) is 20.1 Å². The van der Waals surface area contributed by atoms with E-state index in [2.05, 4.69) is 0 Å². The van der Waals surface area contributed by atoms with Gasteiger partial charge in [0.05, 0.1) is 18.8 Å². The molecule has 3 aromatic carbocycles. The number of nitrogens with zero attached hydrogens (tertiary/aromatic N) is 2. The van der Waals surface area contributed by atoms with Crippen LogP contribution in [0, 0.1) is 0 Å². The van der Waals surface area contributed by atoms with Crippen LogP contribution >= 0.6 is 34.5 Å². The summed E-state index contributed by atoms with van der Waals surface area (Å²) in [6, 6.07) is 21.2. The van der Waals surface area contributed by atoms with Gasteiger partial charge in [-0.2, -0.15) is 8.42 Å². The van der Waals surface area contributed by atoms with E-state index in [9.17, 15) is 13.2 Å². The summed E-state index contributed by atoms with van der Waals surface area (Å²) >= 11 is 13.3. The lowest BCUT2D eigenvalue weighted by atomic mass is 10.1. The second-order valence-corrected chi connectivity index (χ2v) is 11.1. The molecule has 5 rings (SSSR count). The van der Waals surface area contributed by atoms with E-state index in [-0.39, 0.29) is 13.1 Å². The minimum absolute atomic E-state index is 0.0802. The molecule has 4 aromatic rings. The van der Waals surface area contributed by atoms with Crippen LogP contribution in [0.15, 0.2) is 72.8 Å². The zero-order valence-corrected chi connectivity index (χ0v) is 19.7. The average molecular weight is 503 g/mol. The molecule has 32 heavy (non-hydrogen) atoms. The van der Waals surface area contributed by atoms with Crippen LogP contribution in [0.2, 0.25) is 10.0 Å². The highest BCUT2D eigenvalue weighted by atomic mass is 35.5. The van der Waals surface area contributed by atoms with Gasteiger partial charge in [0.2, 0.25) is 0 Å². The van der Waals surface area contributed by atoms with Gasteiger partial charge in [0.1, 0.15) is 4.88 Å². The molecule has 1 amide bonds. The summed E-state index contributed by atoms with van der Waals surface area (Å²) in [5.41, 5.74) is 1.86. The predicted molar refractivity (Wildman–Crippen MR) is 130 cm³/mol. The maximum atomic E-state index is 13.8. The summed E-state index contributed by atoms with van der Waals surface area (Å²) in [6.45, 7) is 0.000760. The highest BCUT2D eigenvalue weighted by Crippen LogP contribution is 2.45. The quantitative estimate of drug-likeness (QED) is 0.338. The topological polar surface area (TPSA) is 57.7 Å². The van der Waals surface area contributed by atoms with Crippen molar-refractivity contribution in [3.05, 3.63) is 98.8 Å². The van der Waals surface area contributed by atoms with Crippen LogP contribution < -0.4 is 4.31 Å². The first kappa shape index (κ1) is 21.3. The van der Waals surface area contributed by atoms with Gasteiger partial charge in [-0.3, -0.25) is 4.79 Å². The largest absolute Gasteiger partial charge is 0.329 e. The Kier molecular flexibility index (Phi) is 5.37. The highest BCUT2D eigenvalue weighted by molar-refractivity contribution is 7.91. The zero-order valence-electron chi connectivity index (χ0n) is 16.5. The molecule has 0 spiro atoms. The molecular formula is C23H16Cl2N2O3S2. The van der Waals surface area contributed by atoms with Crippen LogP contribution in [0.25, 0.3) is 10.1 Å². The van der Waals surface area contributed by atoms with Crippen LogP contribution in [-0.2, 0) is 23.3 Å². The summed E-state index contributed by atoms with van der Waals surface area (Å²) in [6.07, 6.45) is 0. The molecule has 0 N–H and O–H groups in total. The maximum absolute atomic E-state index is 13.8. The van der Waals surface area contributed by atoms with Crippen LogP contribution in [0.5, 0.6) is 0 Å². The van der Waals surface area contributed by atoms with Crippen molar-refractivity contribution in [3.8, 4) is 0 Å². The minimum atomic E-state index is -4.15. The molecule has 5 nitrogen and oxygen atoms in total. The monoisotopic (exact) mass is 502 g/mol. The summed E-state index contributed by atoms with van der Waals surface area (Å²) in [7, 11) is -4.15. The van der Waals surface area contributed by atoms with E-state index in [1.807, 2.05) is 24.3 Å². The van der Waals surface area contributed by atoms with Crippen molar-refractivity contribution >= 4 is 66.4 Å². The van der Waals surface area contributed by atoms with Crippen LogP contribution in [0.4, 0.5) is 5.69 Å². The lowest BCUT2D eigenvalue weighted by molar-refractivity contribution is 0.0855. The third kappa shape index (κ3) is 3.65. The Morgan fingerprint density at radius 2 is 1.28 bits per heavy atom. The number of halogens is 2. The molecule has 1 aromatic heterocycles. The lowest BCUT2D eigenvalue weighted by Gasteiger charge is -2.35. The number of fused-ring (bicyclic) bond motifs is 3. The second-order valence-electron chi connectivity index (χ2n) is 7.36. The summed E-state index contributed by atoms with van der Waals surface area (Å²) in [5, 5.41) is 1.85. The summed E-state index contributed by atoms with van der Waals surface area (Å²) < 4.78 is 30.6. The molecule has 0 bridgehead atoms. The van der Waals surface area contributed by atoms with Crippen molar-refractivity contribution in [2.24, 2.45) is 0 Å². The first-order valence-electron chi connectivity index (χ1n) is 9.70. The van der Waals surface area contributed by atoms with E-state index in [1.54, 1.807) is 48.5 Å². The first-order chi connectivity index (χ1) is 15.3.